The third kappa shape index (κ3) is 37.4. The van der Waals surface area contributed by atoms with Crippen LogP contribution in [0.5, 0.6) is 0 Å². The first-order valence-electron chi connectivity index (χ1n) is 38.2. The van der Waals surface area contributed by atoms with Crippen molar-refractivity contribution in [1.29, 1.82) is 0 Å². The van der Waals surface area contributed by atoms with Crippen molar-refractivity contribution in [1.82, 2.24) is 5.32 Å². The van der Waals surface area contributed by atoms with Gasteiger partial charge in [0.1, 0.15) is 73.2 Å². The van der Waals surface area contributed by atoms with Gasteiger partial charge in [0.2, 0.25) is 5.91 Å². The number of allylic oxidation sites excluding steroid dienone is 5. The number of carbonyl (C=O) groups excluding carboxylic acids is 1. The summed E-state index contributed by atoms with van der Waals surface area (Å²) >= 11 is 0. The van der Waals surface area contributed by atoms with E-state index in [1.807, 2.05) is 6.08 Å². The lowest BCUT2D eigenvalue weighted by molar-refractivity contribution is -0.379. The molecule has 17 unspecified atom stereocenters. The third-order valence-electron chi connectivity index (χ3n) is 19.2. The van der Waals surface area contributed by atoms with Crippen LogP contribution in [0, 0.1) is 0 Å². The van der Waals surface area contributed by atoms with Crippen LogP contribution in [0.15, 0.2) is 36.5 Å². The van der Waals surface area contributed by atoms with Crippen molar-refractivity contribution in [2.75, 3.05) is 26.4 Å². The number of carbonyl (C=O) groups is 1. The fraction of sp³-hybridized carbons (Fsp3) is 0.907. The van der Waals surface area contributed by atoms with Gasteiger partial charge in [0.25, 0.3) is 0 Å². The minimum absolute atomic E-state index is 0.236. The van der Waals surface area contributed by atoms with Crippen molar-refractivity contribution in [3.05, 3.63) is 36.5 Å². The monoisotopic (exact) mass is 1340 g/mol. The molecular weight excluding hydrogens is 1200 g/mol. The average Bonchev–Trinajstić information content (AvgIpc) is 0.787. The molecule has 0 aromatic rings. The normalized spacial score (nSPS) is 27.5. The molecule has 3 rings (SSSR count). The van der Waals surface area contributed by atoms with Gasteiger partial charge in [0.15, 0.2) is 18.9 Å². The van der Waals surface area contributed by atoms with Crippen LogP contribution in [0.4, 0.5) is 0 Å². The Kier molecular flexibility index (Phi) is 52.0. The van der Waals surface area contributed by atoms with Gasteiger partial charge in [-0.25, -0.2) is 0 Å². The molecule has 1 amide bonds. The number of unbranched alkanes of at least 4 members (excludes halogenated alkanes) is 40. The first-order valence-corrected chi connectivity index (χ1v) is 38.2. The van der Waals surface area contributed by atoms with Crippen molar-refractivity contribution in [2.45, 2.75) is 407 Å². The average molecular weight is 1340 g/mol. The van der Waals surface area contributed by atoms with Crippen LogP contribution in [0.1, 0.15) is 303 Å². The first kappa shape index (κ1) is 86.2. The molecule has 3 fully saturated rings. The van der Waals surface area contributed by atoms with Crippen molar-refractivity contribution in [3.8, 4) is 0 Å². The van der Waals surface area contributed by atoms with Crippen LogP contribution in [0.25, 0.3) is 0 Å². The summed E-state index contributed by atoms with van der Waals surface area (Å²) in [5, 5.41) is 121. The topological polar surface area (TPSA) is 307 Å². The Bertz CT molecular complexity index is 1840. The Labute approximate surface area is 568 Å². The lowest BCUT2D eigenvalue weighted by Crippen LogP contribution is -2.66. The third-order valence-corrected chi connectivity index (χ3v) is 19.2. The Morgan fingerprint density at radius 3 is 1.06 bits per heavy atom. The van der Waals surface area contributed by atoms with Crippen molar-refractivity contribution < 1.29 is 89.4 Å². The highest BCUT2D eigenvalue weighted by Crippen LogP contribution is 2.33. The fourth-order valence-electron chi connectivity index (χ4n) is 13.0. The largest absolute Gasteiger partial charge is 0.394 e. The molecule has 0 aliphatic carbocycles. The summed E-state index contributed by atoms with van der Waals surface area (Å²) in [5.41, 5.74) is 0. The molecule has 552 valence electrons. The van der Waals surface area contributed by atoms with E-state index in [4.69, 9.17) is 28.4 Å². The number of rotatable bonds is 60. The zero-order valence-electron chi connectivity index (χ0n) is 58.7. The van der Waals surface area contributed by atoms with E-state index in [0.717, 1.165) is 44.9 Å². The molecule has 17 atom stereocenters. The summed E-state index contributed by atoms with van der Waals surface area (Å²) in [6.45, 7) is 1.75. The molecule has 12 N–H and O–H groups in total. The molecule has 3 aliphatic rings. The predicted molar refractivity (Wildman–Crippen MR) is 369 cm³/mol. The maximum absolute atomic E-state index is 13.4. The van der Waals surface area contributed by atoms with E-state index < -0.39 is 124 Å². The van der Waals surface area contributed by atoms with Gasteiger partial charge in [-0.3, -0.25) is 4.79 Å². The zero-order valence-corrected chi connectivity index (χ0v) is 58.7. The van der Waals surface area contributed by atoms with Gasteiger partial charge in [-0.15, -0.1) is 0 Å². The highest BCUT2D eigenvalue weighted by atomic mass is 16.8. The number of ether oxygens (including phenoxy) is 6. The maximum atomic E-state index is 13.4. The molecule has 3 heterocycles. The Hall–Kier alpha value is -1.99. The van der Waals surface area contributed by atoms with E-state index in [1.54, 1.807) is 6.08 Å². The van der Waals surface area contributed by atoms with Crippen molar-refractivity contribution in [2.24, 2.45) is 0 Å². The summed E-state index contributed by atoms with van der Waals surface area (Å²) in [6.07, 6.45) is 41.4. The second-order valence-electron chi connectivity index (χ2n) is 27.5. The smallest absolute Gasteiger partial charge is 0.220 e. The van der Waals surface area contributed by atoms with Gasteiger partial charge < -0.3 is 89.9 Å². The van der Waals surface area contributed by atoms with Crippen LogP contribution in [-0.4, -0.2) is 193 Å². The number of nitrogens with one attached hydrogen (secondary N) is 1. The van der Waals surface area contributed by atoms with Gasteiger partial charge in [0, 0.05) is 6.42 Å². The summed E-state index contributed by atoms with van der Waals surface area (Å²) in [7, 11) is 0. The van der Waals surface area contributed by atoms with E-state index in [-0.39, 0.29) is 18.9 Å². The van der Waals surface area contributed by atoms with E-state index in [2.05, 4.69) is 43.5 Å². The zero-order chi connectivity index (χ0) is 68.2. The minimum atomic E-state index is -1.98. The Morgan fingerprint density at radius 1 is 0.372 bits per heavy atom. The summed E-state index contributed by atoms with van der Waals surface area (Å²) in [6, 6.07) is -0.995. The SMILES string of the molecule is CCCCCCCCCCCCCCCCCCCCCCC/C=C/CC/C=C/CC/C=C/C(O)C(COC1OC(CO)C(OC2OC(CO)C(OC3OC(CO)C(O)C(O)C3O)C(O)C2O)C(O)C1O)NC(=O)CCCCCCCCCCCCCCCCCCCC. The van der Waals surface area contributed by atoms with Crippen LogP contribution in [-0.2, 0) is 33.2 Å². The van der Waals surface area contributed by atoms with Crippen molar-refractivity contribution >= 4 is 5.91 Å². The standard InChI is InChI=1S/C75H139NO18/c1-3-5-7-9-11-13-15-17-19-21-23-24-25-26-27-28-29-30-31-32-33-34-35-36-38-40-42-44-46-48-50-52-59(80)58(76-63(81)53-51-49-47-45-43-41-39-37-22-20-18-16-14-12-10-8-6-4-2)57-89-73-69(87)66(84)71(61(55-78)91-73)94-75-70(88)67(85)72(62(56-79)92-75)93-74-68(86)65(83)64(82)60(54-77)90-74/h35-36,42,44,50,52,58-62,64-75,77-80,82-88H,3-34,37-41,43,45-49,51,53-57H2,1-2H3,(H,76,81)/b36-35+,44-42+,52-50+. The highest BCUT2D eigenvalue weighted by molar-refractivity contribution is 5.76. The van der Waals surface area contributed by atoms with Crippen LogP contribution in [0.3, 0.4) is 0 Å². The maximum Gasteiger partial charge on any atom is 0.220 e. The fourth-order valence-corrected chi connectivity index (χ4v) is 13.0. The van der Waals surface area contributed by atoms with Gasteiger partial charge in [0.05, 0.1) is 38.6 Å². The van der Waals surface area contributed by atoms with E-state index in [1.165, 1.54) is 225 Å². The van der Waals surface area contributed by atoms with E-state index >= 15 is 0 Å². The van der Waals surface area contributed by atoms with Gasteiger partial charge in [-0.05, 0) is 44.9 Å². The second kappa shape index (κ2) is 56.7. The number of amides is 1. The van der Waals surface area contributed by atoms with E-state index in [0.29, 0.717) is 12.8 Å². The van der Waals surface area contributed by atoms with Crippen molar-refractivity contribution in [3.63, 3.8) is 0 Å². The molecule has 0 radical (unpaired) electrons. The summed E-state index contributed by atoms with van der Waals surface area (Å²) < 4.78 is 34.4. The molecule has 94 heavy (non-hydrogen) atoms. The van der Waals surface area contributed by atoms with Crippen LogP contribution >= 0.6 is 0 Å². The van der Waals surface area contributed by atoms with Crippen LogP contribution in [0.2, 0.25) is 0 Å². The molecule has 0 aromatic carbocycles. The summed E-state index contributed by atoms with van der Waals surface area (Å²) in [4.78, 5) is 13.4. The molecule has 3 saturated heterocycles. The second-order valence-corrected chi connectivity index (χ2v) is 27.5. The Morgan fingerprint density at radius 2 is 0.681 bits per heavy atom. The molecule has 19 nitrogen and oxygen atoms in total. The number of hydrogen-bond donors (Lipinski definition) is 12. The Balaban J connectivity index is 1.40. The lowest BCUT2D eigenvalue weighted by atomic mass is 9.96. The number of aliphatic hydroxyl groups excluding tert-OH is 11. The van der Waals surface area contributed by atoms with Crippen LogP contribution < -0.4 is 5.32 Å². The van der Waals surface area contributed by atoms with Gasteiger partial charge in [-0.1, -0.05) is 288 Å². The molecule has 0 aromatic heterocycles. The van der Waals surface area contributed by atoms with E-state index in [9.17, 15) is 61.0 Å². The van der Waals surface area contributed by atoms with Gasteiger partial charge in [-0.2, -0.15) is 0 Å². The molecule has 0 spiro atoms. The molecule has 0 bridgehead atoms. The number of hydrogen-bond acceptors (Lipinski definition) is 18. The predicted octanol–water partition coefficient (Wildman–Crippen LogP) is 11.6. The molecule has 3 aliphatic heterocycles. The lowest BCUT2D eigenvalue weighted by Gasteiger charge is -2.48. The minimum Gasteiger partial charge on any atom is -0.394 e. The molecule has 19 heteroatoms. The highest BCUT2D eigenvalue weighted by Gasteiger charge is 2.53. The molecular formula is C75H139NO18. The molecule has 0 saturated carbocycles. The number of aliphatic hydroxyl groups is 11. The van der Waals surface area contributed by atoms with Gasteiger partial charge >= 0.3 is 0 Å². The quantitative estimate of drug-likeness (QED) is 0.0199. The first-order chi connectivity index (χ1) is 45.8. The summed E-state index contributed by atoms with van der Waals surface area (Å²) in [5.74, 6) is -0.285.